The minimum atomic E-state index is -4.84. The Kier molecular flexibility index (Phi) is 5.45. The number of phenolic OH excluding ortho intramolecular Hbond substituents is 2. The zero-order valence-corrected chi connectivity index (χ0v) is 16.4. The molecule has 0 saturated carbocycles. The van der Waals surface area contributed by atoms with E-state index in [0.717, 1.165) is 11.1 Å². The lowest BCUT2D eigenvalue weighted by molar-refractivity contribution is 0.401. The van der Waals surface area contributed by atoms with Crippen LogP contribution >= 0.6 is 0 Å². The third kappa shape index (κ3) is 3.74. The van der Waals surface area contributed by atoms with E-state index < -0.39 is 26.5 Å². The van der Waals surface area contributed by atoms with Crippen molar-refractivity contribution in [3.63, 3.8) is 0 Å². The van der Waals surface area contributed by atoms with Crippen molar-refractivity contribution in [3.8, 4) is 11.5 Å². The van der Waals surface area contributed by atoms with Crippen molar-refractivity contribution in [3.05, 3.63) is 89.0 Å². The van der Waals surface area contributed by atoms with Gasteiger partial charge in [0.25, 0.3) is 0 Å². The Labute approximate surface area is 164 Å². The first-order chi connectivity index (χ1) is 13.2. The van der Waals surface area contributed by atoms with Gasteiger partial charge in [-0.15, -0.1) is 0 Å². The van der Waals surface area contributed by atoms with Gasteiger partial charge in [0.1, 0.15) is 11.5 Å². The molecule has 3 rings (SSSR count). The van der Waals surface area contributed by atoms with Gasteiger partial charge in [-0.05, 0) is 17.2 Å². The molecule has 3 aromatic rings. The van der Waals surface area contributed by atoms with E-state index in [1.807, 2.05) is 74.5 Å². The van der Waals surface area contributed by atoms with E-state index in [1.165, 1.54) is 0 Å². The standard InChI is InChI=1S/C22H22O5S/c1-14(16-9-5-3-6-10-16)18-13-19(15(2)17-11-7-4-8-12-17)21(24)22(20(18)23)28(25,26)27/h3-15,23-24H,1-2H3,(H,25,26,27). The summed E-state index contributed by atoms with van der Waals surface area (Å²) in [6.45, 7) is 3.65. The number of hydrogen-bond acceptors (Lipinski definition) is 4. The van der Waals surface area contributed by atoms with E-state index in [4.69, 9.17) is 0 Å². The molecule has 0 spiro atoms. The van der Waals surface area contributed by atoms with Gasteiger partial charge in [0.2, 0.25) is 0 Å². The van der Waals surface area contributed by atoms with Crippen molar-refractivity contribution in [2.45, 2.75) is 30.6 Å². The van der Waals surface area contributed by atoms with Gasteiger partial charge in [-0.2, -0.15) is 8.42 Å². The predicted molar refractivity (Wildman–Crippen MR) is 108 cm³/mol. The SMILES string of the molecule is CC(c1ccccc1)c1cc(C(C)c2ccccc2)c(O)c(S(=O)(=O)O)c1O. The molecular formula is C22H22O5S. The number of aromatic hydroxyl groups is 2. The molecule has 0 heterocycles. The first-order valence-corrected chi connectivity index (χ1v) is 10.3. The maximum atomic E-state index is 11.9. The summed E-state index contributed by atoms with van der Waals surface area (Å²) in [6, 6.07) is 20.2. The molecule has 2 atom stereocenters. The number of benzene rings is 3. The van der Waals surface area contributed by atoms with E-state index in [1.54, 1.807) is 6.07 Å². The molecule has 5 nitrogen and oxygen atoms in total. The molecule has 3 aromatic carbocycles. The highest BCUT2D eigenvalue weighted by Gasteiger charge is 2.30. The van der Waals surface area contributed by atoms with Crippen LogP contribution in [0.1, 0.15) is 47.9 Å². The Morgan fingerprint density at radius 1 is 0.714 bits per heavy atom. The Balaban J connectivity index is 2.26. The fraction of sp³-hybridized carbons (Fsp3) is 0.182. The molecule has 0 saturated heterocycles. The molecule has 0 aromatic heterocycles. The van der Waals surface area contributed by atoms with Crippen LogP contribution in [0.4, 0.5) is 0 Å². The Hall–Kier alpha value is -2.83. The maximum Gasteiger partial charge on any atom is 0.301 e. The van der Waals surface area contributed by atoms with Crippen molar-refractivity contribution >= 4 is 10.1 Å². The van der Waals surface area contributed by atoms with Crippen LogP contribution in [-0.4, -0.2) is 23.2 Å². The minimum Gasteiger partial charge on any atom is -0.506 e. The quantitative estimate of drug-likeness (QED) is 0.544. The van der Waals surface area contributed by atoms with Crippen LogP contribution in [0.2, 0.25) is 0 Å². The first-order valence-electron chi connectivity index (χ1n) is 8.88. The molecule has 0 aliphatic heterocycles. The van der Waals surface area contributed by atoms with Crippen molar-refractivity contribution in [2.24, 2.45) is 0 Å². The Morgan fingerprint density at radius 2 is 1.07 bits per heavy atom. The fourth-order valence-corrected chi connectivity index (χ4v) is 4.15. The van der Waals surface area contributed by atoms with Crippen molar-refractivity contribution in [1.29, 1.82) is 0 Å². The van der Waals surface area contributed by atoms with Gasteiger partial charge >= 0.3 is 10.1 Å². The molecule has 0 amide bonds. The summed E-state index contributed by atoms with van der Waals surface area (Å²) in [5, 5.41) is 21.2. The van der Waals surface area contributed by atoms with Gasteiger partial charge in [-0.25, -0.2) is 0 Å². The molecule has 0 aliphatic carbocycles. The zero-order valence-electron chi connectivity index (χ0n) is 15.6. The van der Waals surface area contributed by atoms with Gasteiger partial charge in [0.05, 0.1) is 0 Å². The Morgan fingerprint density at radius 3 is 1.39 bits per heavy atom. The summed E-state index contributed by atoms with van der Waals surface area (Å²) in [7, 11) is -4.84. The fourth-order valence-electron chi connectivity index (χ4n) is 3.43. The molecule has 3 N–H and O–H groups in total. The topological polar surface area (TPSA) is 94.8 Å². The monoisotopic (exact) mass is 398 g/mol. The molecular weight excluding hydrogens is 376 g/mol. The maximum absolute atomic E-state index is 11.9. The highest BCUT2D eigenvalue weighted by atomic mass is 32.2. The van der Waals surface area contributed by atoms with E-state index in [9.17, 15) is 23.2 Å². The highest BCUT2D eigenvalue weighted by Crippen LogP contribution is 2.45. The summed E-state index contributed by atoms with van der Waals surface area (Å²) < 4.78 is 33.5. The van der Waals surface area contributed by atoms with Crippen molar-refractivity contribution in [2.75, 3.05) is 0 Å². The third-order valence-electron chi connectivity index (χ3n) is 5.08. The molecule has 0 radical (unpaired) electrons. The highest BCUT2D eigenvalue weighted by molar-refractivity contribution is 7.86. The van der Waals surface area contributed by atoms with Crippen molar-refractivity contribution < 1.29 is 23.2 Å². The first kappa shape index (κ1) is 19.9. The summed E-state index contributed by atoms with van der Waals surface area (Å²) in [5.74, 6) is -1.99. The van der Waals surface area contributed by atoms with Gasteiger partial charge in [-0.3, -0.25) is 4.55 Å². The predicted octanol–water partition coefficient (Wildman–Crippen LogP) is 4.65. The summed E-state index contributed by atoms with van der Waals surface area (Å²) in [6.07, 6.45) is 0. The summed E-state index contributed by atoms with van der Waals surface area (Å²) in [5.41, 5.74) is 2.36. The van der Waals surface area contributed by atoms with E-state index in [2.05, 4.69) is 0 Å². The second-order valence-electron chi connectivity index (χ2n) is 6.82. The van der Waals surface area contributed by atoms with Gasteiger partial charge in [-0.1, -0.05) is 74.5 Å². The normalized spacial score (nSPS) is 13.8. The van der Waals surface area contributed by atoms with Gasteiger partial charge in [0.15, 0.2) is 4.90 Å². The van der Waals surface area contributed by atoms with Crippen LogP contribution in [-0.2, 0) is 10.1 Å². The average molecular weight is 398 g/mol. The number of phenols is 2. The molecule has 28 heavy (non-hydrogen) atoms. The lowest BCUT2D eigenvalue weighted by Crippen LogP contribution is -2.08. The van der Waals surface area contributed by atoms with E-state index >= 15 is 0 Å². The van der Waals surface area contributed by atoms with Crippen LogP contribution in [0.5, 0.6) is 11.5 Å². The number of hydrogen-bond donors (Lipinski definition) is 3. The molecule has 146 valence electrons. The lowest BCUT2D eigenvalue weighted by Gasteiger charge is -2.22. The number of rotatable bonds is 5. The second kappa shape index (κ2) is 7.66. The molecule has 6 heteroatoms. The van der Waals surface area contributed by atoms with Crippen LogP contribution in [0.25, 0.3) is 0 Å². The van der Waals surface area contributed by atoms with Gasteiger partial charge in [0, 0.05) is 23.0 Å². The summed E-state index contributed by atoms with van der Waals surface area (Å²) in [4.78, 5) is -0.856. The molecule has 2 unspecified atom stereocenters. The largest absolute Gasteiger partial charge is 0.506 e. The van der Waals surface area contributed by atoms with Gasteiger partial charge < -0.3 is 10.2 Å². The molecule has 0 aliphatic rings. The third-order valence-corrected chi connectivity index (χ3v) is 5.98. The minimum absolute atomic E-state index is 0.314. The molecule has 0 bridgehead atoms. The van der Waals surface area contributed by atoms with Crippen LogP contribution in [0.3, 0.4) is 0 Å². The van der Waals surface area contributed by atoms with Crippen LogP contribution in [0.15, 0.2) is 71.6 Å². The summed E-state index contributed by atoms with van der Waals surface area (Å²) >= 11 is 0. The van der Waals surface area contributed by atoms with Crippen LogP contribution < -0.4 is 0 Å². The zero-order chi connectivity index (χ0) is 20.5. The van der Waals surface area contributed by atoms with Crippen molar-refractivity contribution in [1.82, 2.24) is 0 Å². The Bertz CT molecular complexity index is 1010. The lowest BCUT2D eigenvalue weighted by atomic mass is 9.86. The van der Waals surface area contributed by atoms with E-state index in [-0.39, 0.29) is 11.8 Å². The smallest absolute Gasteiger partial charge is 0.301 e. The van der Waals surface area contributed by atoms with Crippen LogP contribution in [0, 0.1) is 0 Å². The molecule has 0 fully saturated rings. The average Bonchev–Trinajstić information content (AvgIpc) is 2.67. The van der Waals surface area contributed by atoms with E-state index in [0.29, 0.717) is 11.1 Å². The second-order valence-corrected chi connectivity index (χ2v) is 8.18.